The predicted molar refractivity (Wildman–Crippen MR) is 112 cm³/mol. The van der Waals surface area contributed by atoms with Gasteiger partial charge in [0.25, 0.3) is 0 Å². The topological polar surface area (TPSA) is 69.7 Å². The number of imide groups is 1. The maximum Gasteiger partial charge on any atom is 0.250 e. The molecular formula is C22H17Cl2N3O3. The molecule has 0 bridgehead atoms. The monoisotopic (exact) mass is 441 g/mol. The van der Waals surface area contributed by atoms with Crippen LogP contribution in [0.15, 0.2) is 42.5 Å². The fourth-order valence-corrected chi connectivity index (χ4v) is 6.60. The third-order valence-corrected chi connectivity index (χ3v) is 7.44. The fraction of sp³-hybridized carbons (Fsp3) is 0.318. The van der Waals surface area contributed by atoms with Gasteiger partial charge >= 0.3 is 0 Å². The largest absolute Gasteiger partial charge is 0.324 e. The minimum Gasteiger partial charge on any atom is -0.324 e. The Morgan fingerprint density at radius 1 is 1.00 bits per heavy atom. The van der Waals surface area contributed by atoms with Gasteiger partial charge in [-0.25, -0.2) is 4.90 Å². The van der Waals surface area contributed by atoms with Gasteiger partial charge in [0.1, 0.15) is 5.54 Å². The first kappa shape index (κ1) is 18.4. The number of carbonyl (C=O) groups is 3. The summed E-state index contributed by atoms with van der Waals surface area (Å²) in [6.45, 7) is 0.684. The molecule has 1 N–H and O–H groups in total. The number of amides is 3. The van der Waals surface area contributed by atoms with Crippen LogP contribution in [0.1, 0.15) is 18.4 Å². The molecule has 6 nitrogen and oxygen atoms in total. The summed E-state index contributed by atoms with van der Waals surface area (Å²) >= 11 is 12.3. The number of rotatable bonds is 1. The van der Waals surface area contributed by atoms with Crippen LogP contribution in [0.4, 0.5) is 11.4 Å². The van der Waals surface area contributed by atoms with Crippen LogP contribution in [-0.2, 0) is 19.9 Å². The Morgan fingerprint density at radius 2 is 1.73 bits per heavy atom. The highest BCUT2D eigenvalue weighted by molar-refractivity contribution is 6.36. The van der Waals surface area contributed by atoms with Crippen molar-refractivity contribution in [2.75, 3.05) is 16.8 Å². The van der Waals surface area contributed by atoms with Crippen LogP contribution in [0, 0.1) is 11.8 Å². The molecule has 6 rings (SSSR count). The lowest BCUT2D eigenvalue weighted by atomic mass is 9.75. The Morgan fingerprint density at radius 3 is 2.50 bits per heavy atom. The minimum atomic E-state index is -1.16. The van der Waals surface area contributed by atoms with E-state index < -0.39 is 17.4 Å². The molecule has 2 aromatic rings. The second-order valence-electron chi connectivity index (χ2n) is 8.31. The van der Waals surface area contributed by atoms with Gasteiger partial charge < -0.3 is 5.32 Å². The summed E-state index contributed by atoms with van der Waals surface area (Å²) in [5.74, 6) is -2.24. The number of nitrogens with zero attached hydrogens (tertiary/aromatic N) is 2. The third kappa shape index (κ3) is 2.06. The Kier molecular flexibility index (Phi) is 3.71. The molecular weight excluding hydrogens is 425 g/mol. The summed E-state index contributed by atoms with van der Waals surface area (Å²) in [6.07, 6.45) is 1.66. The maximum absolute atomic E-state index is 13.8. The van der Waals surface area contributed by atoms with Crippen LogP contribution in [-0.4, -0.2) is 35.2 Å². The predicted octanol–water partition coefficient (Wildman–Crippen LogP) is 3.42. The normalized spacial score (nSPS) is 32.0. The lowest BCUT2D eigenvalue weighted by Gasteiger charge is -2.36. The van der Waals surface area contributed by atoms with E-state index in [9.17, 15) is 14.4 Å². The van der Waals surface area contributed by atoms with E-state index in [1.165, 1.54) is 4.90 Å². The lowest BCUT2D eigenvalue weighted by molar-refractivity contribution is -0.135. The number of fused-ring (bicyclic) bond motifs is 7. The molecule has 30 heavy (non-hydrogen) atoms. The van der Waals surface area contributed by atoms with E-state index in [0.29, 0.717) is 28.0 Å². The van der Waals surface area contributed by atoms with Crippen molar-refractivity contribution in [2.45, 2.75) is 24.4 Å². The molecule has 0 radical (unpaired) electrons. The summed E-state index contributed by atoms with van der Waals surface area (Å²) < 4.78 is 0. The Balaban J connectivity index is 1.56. The summed E-state index contributed by atoms with van der Waals surface area (Å²) in [6, 6.07) is 12.0. The van der Waals surface area contributed by atoms with Crippen LogP contribution in [0.25, 0.3) is 0 Å². The molecule has 3 amide bonds. The van der Waals surface area contributed by atoms with Crippen molar-refractivity contribution in [3.05, 3.63) is 58.1 Å². The molecule has 4 heterocycles. The van der Waals surface area contributed by atoms with E-state index in [2.05, 4.69) is 10.2 Å². The average Bonchev–Trinajstić information content (AvgIpc) is 3.39. The molecule has 3 saturated heterocycles. The van der Waals surface area contributed by atoms with Gasteiger partial charge in [0.05, 0.1) is 17.5 Å². The summed E-state index contributed by atoms with van der Waals surface area (Å²) in [5.41, 5.74) is 0.676. The number of halogens is 2. The van der Waals surface area contributed by atoms with Crippen molar-refractivity contribution in [3.8, 4) is 0 Å². The van der Waals surface area contributed by atoms with Gasteiger partial charge in [-0.1, -0.05) is 41.4 Å². The van der Waals surface area contributed by atoms with Crippen LogP contribution in [0.5, 0.6) is 0 Å². The van der Waals surface area contributed by atoms with Gasteiger partial charge in [-0.2, -0.15) is 0 Å². The standard InChI is InChI=1S/C22H17Cl2N3O3/c23-11-8-12(24)10-13(9-11)27-19(28)17-16-6-3-7-26(16)22(18(17)20(27)29)14-4-1-2-5-15(14)25-21(22)30/h1-2,4-5,8-10,16-18H,3,6-7H2,(H,25,30)/t16-,17+,18-,22+/m0/s1. The molecule has 1 spiro atoms. The van der Waals surface area contributed by atoms with Gasteiger partial charge in [-0.05, 0) is 43.7 Å². The molecule has 0 unspecified atom stereocenters. The van der Waals surface area contributed by atoms with E-state index in [1.807, 2.05) is 24.3 Å². The number of benzene rings is 2. The summed E-state index contributed by atoms with van der Waals surface area (Å²) in [7, 11) is 0. The Hall–Kier alpha value is -2.41. The number of carbonyl (C=O) groups excluding carboxylic acids is 3. The first-order valence-corrected chi connectivity index (χ1v) is 10.7. The highest BCUT2D eigenvalue weighted by atomic mass is 35.5. The van der Waals surface area contributed by atoms with Crippen LogP contribution < -0.4 is 10.2 Å². The van der Waals surface area contributed by atoms with Crippen molar-refractivity contribution in [1.82, 2.24) is 4.90 Å². The first-order valence-electron chi connectivity index (χ1n) is 9.96. The number of nitrogens with one attached hydrogen (secondary N) is 1. The molecule has 0 aromatic heterocycles. The number of anilines is 2. The molecule has 4 atom stereocenters. The number of hydrogen-bond donors (Lipinski definition) is 1. The third-order valence-electron chi connectivity index (χ3n) is 7.01. The maximum atomic E-state index is 13.8. The Bertz CT molecular complexity index is 1130. The van der Waals surface area contributed by atoms with Crippen LogP contribution >= 0.6 is 23.2 Å². The molecule has 4 aliphatic heterocycles. The average molecular weight is 442 g/mol. The number of para-hydroxylation sites is 1. The molecule has 4 aliphatic rings. The van der Waals surface area contributed by atoms with E-state index >= 15 is 0 Å². The van der Waals surface area contributed by atoms with Crippen molar-refractivity contribution in [2.24, 2.45) is 11.8 Å². The van der Waals surface area contributed by atoms with E-state index in [0.717, 1.165) is 18.4 Å². The van der Waals surface area contributed by atoms with Gasteiger partial charge in [0.2, 0.25) is 17.7 Å². The molecule has 8 heteroatoms. The van der Waals surface area contributed by atoms with Gasteiger partial charge in [-0.3, -0.25) is 19.3 Å². The van der Waals surface area contributed by atoms with Crippen LogP contribution in [0.2, 0.25) is 10.0 Å². The highest BCUT2D eigenvalue weighted by Crippen LogP contribution is 2.60. The molecule has 3 fully saturated rings. The SMILES string of the molecule is O=C1[C@H]2[C@@H](C(=O)N1c1cc(Cl)cc(Cl)c1)[C@]1(C(=O)Nc3ccccc31)N1CCC[C@@H]21. The molecule has 0 saturated carbocycles. The number of hydrogen-bond acceptors (Lipinski definition) is 4. The zero-order valence-corrected chi connectivity index (χ0v) is 17.3. The van der Waals surface area contributed by atoms with Crippen LogP contribution in [0.3, 0.4) is 0 Å². The van der Waals surface area contributed by atoms with Crippen molar-refractivity contribution in [1.29, 1.82) is 0 Å². The van der Waals surface area contributed by atoms with Gasteiger partial charge in [-0.15, -0.1) is 0 Å². The van der Waals surface area contributed by atoms with E-state index in [1.54, 1.807) is 18.2 Å². The Labute approximate surface area is 182 Å². The van der Waals surface area contributed by atoms with Gasteiger partial charge in [0, 0.05) is 27.3 Å². The van der Waals surface area contributed by atoms with Crippen molar-refractivity contribution >= 4 is 52.3 Å². The van der Waals surface area contributed by atoms with Crippen molar-refractivity contribution < 1.29 is 14.4 Å². The van der Waals surface area contributed by atoms with E-state index in [-0.39, 0.29) is 23.8 Å². The zero-order valence-electron chi connectivity index (χ0n) is 15.8. The van der Waals surface area contributed by atoms with E-state index in [4.69, 9.17) is 23.2 Å². The quantitative estimate of drug-likeness (QED) is 0.688. The zero-order chi connectivity index (χ0) is 20.8. The van der Waals surface area contributed by atoms with Gasteiger partial charge in [0.15, 0.2) is 0 Å². The summed E-state index contributed by atoms with van der Waals surface area (Å²) in [4.78, 5) is 44.1. The molecule has 0 aliphatic carbocycles. The smallest absolute Gasteiger partial charge is 0.250 e. The fourth-order valence-electron chi connectivity index (χ4n) is 6.08. The summed E-state index contributed by atoms with van der Waals surface area (Å²) in [5, 5.41) is 3.65. The highest BCUT2D eigenvalue weighted by Gasteiger charge is 2.74. The lowest BCUT2D eigenvalue weighted by Crippen LogP contribution is -2.54. The molecule has 152 valence electrons. The second kappa shape index (κ2) is 6.06. The first-order chi connectivity index (χ1) is 14.4. The second-order valence-corrected chi connectivity index (χ2v) is 9.18. The van der Waals surface area contributed by atoms with Crippen molar-refractivity contribution in [3.63, 3.8) is 0 Å². The molecule has 2 aromatic carbocycles. The minimum absolute atomic E-state index is 0.150.